The van der Waals surface area contributed by atoms with E-state index < -0.39 is 5.97 Å². The zero-order chi connectivity index (χ0) is 15.2. The van der Waals surface area contributed by atoms with Gasteiger partial charge in [-0.1, -0.05) is 18.2 Å². The fourth-order valence-corrected chi connectivity index (χ4v) is 1.96. The van der Waals surface area contributed by atoms with Gasteiger partial charge in [0, 0.05) is 18.4 Å². The number of pyridine rings is 1. The van der Waals surface area contributed by atoms with Crippen molar-refractivity contribution in [2.75, 3.05) is 6.54 Å². The summed E-state index contributed by atoms with van der Waals surface area (Å²) in [7, 11) is 0. The van der Waals surface area contributed by atoms with Crippen molar-refractivity contribution in [2.45, 2.75) is 13.3 Å². The topological polar surface area (TPSA) is 79.3 Å². The predicted octanol–water partition coefficient (Wildman–Crippen LogP) is 2.06. The van der Waals surface area contributed by atoms with Crippen LogP contribution in [0, 0.1) is 6.92 Å². The van der Waals surface area contributed by atoms with Crippen LogP contribution in [0.1, 0.15) is 32.0 Å². The number of aromatic carboxylic acids is 1. The number of hydrogen-bond donors (Lipinski definition) is 2. The van der Waals surface area contributed by atoms with E-state index in [4.69, 9.17) is 5.11 Å². The third-order valence-corrected chi connectivity index (χ3v) is 3.10. The smallest absolute Gasteiger partial charge is 0.335 e. The van der Waals surface area contributed by atoms with E-state index in [0.29, 0.717) is 24.1 Å². The normalized spacial score (nSPS) is 10.1. The molecule has 0 atom stereocenters. The van der Waals surface area contributed by atoms with E-state index in [1.807, 2.05) is 6.92 Å². The van der Waals surface area contributed by atoms with Crippen LogP contribution in [0.2, 0.25) is 0 Å². The molecular weight excluding hydrogens is 268 g/mol. The Morgan fingerprint density at radius 2 is 1.95 bits per heavy atom. The van der Waals surface area contributed by atoms with Gasteiger partial charge < -0.3 is 10.4 Å². The van der Waals surface area contributed by atoms with E-state index in [0.717, 1.165) is 5.69 Å². The van der Waals surface area contributed by atoms with Crippen LogP contribution in [0.15, 0.2) is 42.6 Å². The number of carbonyl (C=O) groups is 2. The van der Waals surface area contributed by atoms with Crippen molar-refractivity contribution in [1.82, 2.24) is 10.3 Å². The highest BCUT2D eigenvalue weighted by atomic mass is 16.4. The number of amides is 1. The highest BCUT2D eigenvalue weighted by molar-refractivity contribution is 5.94. The molecule has 1 heterocycles. The number of aryl methyl sites for hydroxylation is 1. The standard InChI is InChI=1S/C16H16N2O3/c1-11-6-7-13(10-18-11)15(19)17-9-8-12-4-2-3-5-14(12)16(20)21/h2-7,10H,8-9H2,1H3,(H,17,19)(H,20,21). The lowest BCUT2D eigenvalue weighted by molar-refractivity contribution is 0.0695. The maximum Gasteiger partial charge on any atom is 0.335 e. The zero-order valence-electron chi connectivity index (χ0n) is 11.7. The number of nitrogens with zero attached hydrogens (tertiary/aromatic N) is 1. The largest absolute Gasteiger partial charge is 0.478 e. The molecule has 0 bridgehead atoms. The minimum atomic E-state index is -0.959. The Balaban J connectivity index is 1.94. The molecule has 0 aliphatic rings. The molecule has 0 spiro atoms. The Morgan fingerprint density at radius 1 is 1.19 bits per heavy atom. The minimum absolute atomic E-state index is 0.213. The first-order valence-corrected chi connectivity index (χ1v) is 6.60. The highest BCUT2D eigenvalue weighted by Crippen LogP contribution is 2.09. The van der Waals surface area contributed by atoms with Crippen molar-refractivity contribution in [2.24, 2.45) is 0 Å². The molecule has 0 fully saturated rings. The summed E-state index contributed by atoms with van der Waals surface area (Å²) < 4.78 is 0. The summed E-state index contributed by atoms with van der Waals surface area (Å²) in [5, 5.41) is 11.8. The molecular formula is C16H16N2O3. The van der Waals surface area contributed by atoms with E-state index in [2.05, 4.69) is 10.3 Å². The van der Waals surface area contributed by atoms with Crippen LogP contribution in [0.5, 0.6) is 0 Å². The SMILES string of the molecule is Cc1ccc(C(=O)NCCc2ccccc2C(=O)O)cn1. The molecule has 5 heteroatoms. The van der Waals surface area contributed by atoms with Gasteiger partial charge in [0.1, 0.15) is 0 Å². The Morgan fingerprint density at radius 3 is 2.62 bits per heavy atom. The van der Waals surface area contributed by atoms with Crippen LogP contribution in [0.25, 0.3) is 0 Å². The van der Waals surface area contributed by atoms with Crippen LogP contribution in [0.3, 0.4) is 0 Å². The van der Waals surface area contributed by atoms with Gasteiger partial charge in [-0.15, -0.1) is 0 Å². The predicted molar refractivity (Wildman–Crippen MR) is 78.4 cm³/mol. The van der Waals surface area contributed by atoms with Gasteiger partial charge in [-0.2, -0.15) is 0 Å². The number of aromatic nitrogens is 1. The molecule has 2 aromatic rings. The van der Waals surface area contributed by atoms with Crippen molar-refractivity contribution < 1.29 is 14.7 Å². The summed E-state index contributed by atoms with van der Waals surface area (Å²) in [4.78, 5) is 27.0. The van der Waals surface area contributed by atoms with Gasteiger partial charge in [-0.05, 0) is 37.1 Å². The molecule has 0 radical (unpaired) electrons. The second-order valence-electron chi connectivity index (χ2n) is 4.66. The van der Waals surface area contributed by atoms with Crippen molar-refractivity contribution >= 4 is 11.9 Å². The molecule has 1 aromatic heterocycles. The third-order valence-electron chi connectivity index (χ3n) is 3.10. The lowest BCUT2D eigenvalue weighted by Gasteiger charge is -2.07. The molecule has 0 aliphatic heterocycles. The van der Waals surface area contributed by atoms with E-state index >= 15 is 0 Å². The van der Waals surface area contributed by atoms with Crippen LogP contribution in [0.4, 0.5) is 0 Å². The Labute approximate surface area is 122 Å². The average Bonchev–Trinajstić information content (AvgIpc) is 2.48. The first kappa shape index (κ1) is 14.7. The maximum atomic E-state index is 11.9. The van der Waals surface area contributed by atoms with Crippen molar-refractivity contribution in [3.63, 3.8) is 0 Å². The highest BCUT2D eigenvalue weighted by Gasteiger charge is 2.09. The molecule has 2 rings (SSSR count). The van der Waals surface area contributed by atoms with Crippen molar-refractivity contribution in [1.29, 1.82) is 0 Å². The zero-order valence-corrected chi connectivity index (χ0v) is 11.7. The van der Waals surface area contributed by atoms with Crippen LogP contribution >= 0.6 is 0 Å². The lowest BCUT2D eigenvalue weighted by atomic mass is 10.0. The minimum Gasteiger partial charge on any atom is -0.478 e. The summed E-state index contributed by atoms with van der Waals surface area (Å²) in [6.07, 6.45) is 1.99. The summed E-state index contributed by atoms with van der Waals surface area (Å²) in [5.74, 6) is -1.17. The molecule has 1 amide bonds. The Bertz CT molecular complexity index is 651. The molecule has 1 aromatic carbocycles. The number of hydrogen-bond acceptors (Lipinski definition) is 3. The molecule has 0 unspecified atom stereocenters. The van der Waals surface area contributed by atoms with Crippen LogP contribution in [-0.2, 0) is 6.42 Å². The molecule has 108 valence electrons. The molecule has 0 saturated carbocycles. The maximum absolute atomic E-state index is 11.9. The van der Waals surface area contributed by atoms with E-state index in [9.17, 15) is 9.59 Å². The van der Waals surface area contributed by atoms with Crippen LogP contribution < -0.4 is 5.32 Å². The van der Waals surface area contributed by atoms with E-state index in [-0.39, 0.29) is 11.5 Å². The first-order chi connectivity index (χ1) is 10.1. The molecule has 0 saturated heterocycles. The Kier molecular flexibility index (Phi) is 4.66. The van der Waals surface area contributed by atoms with E-state index in [1.165, 1.54) is 6.20 Å². The summed E-state index contributed by atoms with van der Waals surface area (Å²) in [6.45, 7) is 2.22. The van der Waals surface area contributed by atoms with Gasteiger partial charge in [0.05, 0.1) is 11.1 Å². The molecule has 21 heavy (non-hydrogen) atoms. The van der Waals surface area contributed by atoms with Crippen molar-refractivity contribution in [3.05, 3.63) is 65.0 Å². The average molecular weight is 284 g/mol. The van der Waals surface area contributed by atoms with Gasteiger partial charge in [-0.3, -0.25) is 9.78 Å². The fourth-order valence-electron chi connectivity index (χ4n) is 1.96. The third kappa shape index (κ3) is 3.89. The summed E-state index contributed by atoms with van der Waals surface area (Å²) in [6, 6.07) is 10.3. The quantitative estimate of drug-likeness (QED) is 0.880. The van der Waals surface area contributed by atoms with Crippen LogP contribution in [-0.4, -0.2) is 28.5 Å². The number of carbonyl (C=O) groups excluding carboxylic acids is 1. The first-order valence-electron chi connectivity index (χ1n) is 6.60. The second-order valence-corrected chi connectivity index (χ2v) is 4.66. The number of benzene rings is 1. The van der Waals surface area contributed by atoms with Gasteiger partial charge in [0.15, 0.2) is 0 Å². The van der Waals surface area contributed by atoms with Crippen molar-refractivity contribution in [3.8, 4) is 0 Å². The van der Waals surface area contributed by atoms with Gasteiger partial charge in [-0.25, -0.2) is 4.79 Å². The summed E-state index contributed by atoms with van der Waals surface area (Å²) in [5.41, 5.74) is 2.31. The number of rotatable bonds is 5. The second kappa shape index (κ2) is 6.65. The van der Waals surface area contributed by atoms with E-state index in [1.54, 1.807) is 36.4 Å². The summed E-state index contributed by atoms with van der Waals surface area (Å²) >= 11 is 0. The Hall–Kier alpha value is -2.69. The van der Waals surface area contributed by atoms with Gasteiger partial charge in [0.2, 0.25) is 0 Å². The number of nitrogens with one attached hydrogen (secondary N) is 1. The fraction of sp³-hybridized carbons (Fsp3) is 0.188. The van der Waals surface area contributed by atoms with Gasteiger partial charge >= 0.3 is 5.97 Å². The monoisotopic (exact) mass is 284 g/mol. The van der Waals surface area contributed by atoms with Gasteiger partial charge in [0.25, 0.3) is 5.91 Å². The molecule has 2 N–H and O–H groups in total. The molecule has 5 nitrogen and oxygen atoms in total. The molecule has 0 aliphatic carbocycles. The lowest BCUT2D eigenvalue weighted by Crippen LogP contribution is -2.26. The number of carboxylic acids is 1. The number of carboxylic acid groups (broad SMARTS) is 1.